The number of hydrogen-bond acceptors (Lipinski definition) is 3. The second-order valence-corrected chi connectivity index (χ2v) is 4.87. The minimum absolute atomic E-state index is 0.379. The van der Waals surface area contributed by atoms with E-state index in [0.717, 1.165) is 13.0 Å². The van der Waals surface area contributed by atoms with E-state index in [9.17, 15) is 0 Å². The predicted molar refractivity (Wildman–Crippen MR) is 70.0 cm³/mol. The van der Waals surface area contributed by atoms with Crippen molar-refractivity contribution in [2.75, 3.05) is 0 Å². The van der Waals surface area contributed by atoms with E-state index in [2.05, 4.69) is 25.9 Å². The molecule has 2 heterocycles. The smallest absolute Gasteiger partial charge is 0.0945 e. The fourth-order valence-electron chi connectivity index (χ4n) is 2.59. The lowest BCUT2D eigenvalue weighted by Crippen LogP contribution is -2.26. The number of hydrogen-bond donors (Lipinski definition) is 1. The van der Waals surface area contributed by atoms with Crippen LogP contribution in [0.25, 0.3) is 0 Å². The topological polar surface area (TPSA) is 42.7 Å². The van der Waals surface area contributed by atoms with Gasteiger partial charge in [-0.25, -0.2) is 4.98 Å². The number of rotatable bonds is 3. The predicted octanol–water partition coefficient (Wildman–Crippen LogP) is 1.98. The summed E-state index contributed by atoms with van der Waals surface area (Å²) in [4.78, 5) is 8.68. The zero-order chi connectivity index (χ0) is 12.4. The molecule has 3 rings (SSSR count). The Morgan fingerprint density at radius 2 is 2.44 bits per heavy atom. The molecule has 0 saturated heterocycles. The lowest BCUT2D eigenvalue weighted by atomic mass is 9.92. The third kappa shape index (κ3) is 2.16. The van der Waals surface area contributed by atoms with E-state index in [1.165, 1.54) is 29.8 Å². The van der Waals surface area contributed by atoms with Crippen LogP contribution in [0, 0.1) is 0 Å². The number of nitrogens with zero attached hydrogens (tertiary/aromatic N) is 3. The Morgan fingerprint density at radius 3 is 3.28 bits per heavy atom. The highest BCUT2D eigenvalue weighted by molar-refractivity contribution is 5.25. The van der Waals surface area contributed by atoms with Gasteiger partial charge >= 0.3 is 0 Å². The molecule has 94 valence electrons. The minimum Gasteiger partial charge on any atom is -0.337 e. The molecule has 0 radical (unpaired) electrons. The Bertz CT molecular complexity index is 532. The van der Waals surface area contributed by atoms with Gasteiger partial charge in [-0.15, -0.1) is 0 Å². The molecule has 4 nitrogen and oxygen atoms in total. The maximum Gasteiger partial charge on any atom is 0.0945 e. The molecule has 4 heteroatoms. The molecule has 0 amide bonds. The van der Waals surface area contributed by atoms with Gasteiger partial charge in [0.25, 0.3) is 0 Å². The van der Waals surface area contributed by atoms with Crippen molar-refractivity contribution in [1.29, 1.82) is 0 Å². The first-order valence-electron chi connectivity index (χ1n) is 6.47. The number of imidazole rings is 1. The van der Waals surface area contributed by atoms with Gasteiger partial charge in [0.1, 0.15) is 0 Å². The first kappa shape index (κ1) is 11.4. The van der Waals surface area contributed by atoms with E-state index in [-0.39, 0.29) is 0 Å². The van der Waals surface area contributed by atoms with Gasteiger partial charge in [-0.05, 0) is 30.9 Å². The summed E-state index contributed by atoms with van der Waals surface area (Å²) in [5.74, 6) is 0. The maximum atomic E-state index is 4.54. The van der Waals surface area contributed by atoms with Crippen molar-refractivity contribution in [2.45, 2.75) is 31.8 Å². The van der Waals surface area contributed by atoms with Crippen molar-refractivity contribution in [1.82, 2.24) is 19.9 Å². The van der Waals surface area contributed by atoms with Gasteiger partial charge in [-0.1, -0.05) is 6.07 Å². The van der Waals surface area contributed by atoms with Crippen LogP contribution in [-0.2, 0) is 20.0 Å². The number of aryl methyl sites for hydroxylation is 2. The Morgan fingerprint density at radius 1 is 1.50 bits per heavy atom. The van der Waals surface area contributed by atoms with E-state index >= 15 is 0 Å². The van der Waals surface area contributed by atoms with Crippen LogP contribution in [0.5, 0.6) is 0 Å². The summed E-state index contributed by atoms with van der Waals surface area (Å²) in [5.41, 5.74) is 3.83. The molecule has 1 unspecified atom stereocenters. The van der Waals surface area contributed by atoms with Crippen molar-refractivity contribution in [3.8, 4) is 0 Å². The van der Waals surface area contributed by atoms with Gasteiger partial charge in [0.05, 0.1) is 23.8 Å². The second-order valence-electron chi connectivity index (χ2n) is 4.87. The lowest BCUT2D eigenvalue weighted by Gasteiger charge is -2.25. The van der Waals surface area contributed by atoms with Crippen molar-refractivity contribution in [2.24, 2.45) is 7.05 Å². The molecule has 0 fully saturated rings. The normalized spacial score (nSPS) is 18.6. The molecule has 1 N–H and O–H groups in total. The number of nitrogens with one attached hydrogen (secondary N) is 1. The molecule has 0 bridgehead atoms. The zero-order valence-electron chi connectivity index (χ0n) is 10.6. The Balaban J connectivity index is 1.73. The SMILES string of the molecule is Cn1cncc1CNC1CCCc2cccnc21. The molecule has 0 aromatic carbocycles. The largest absolute Gasteiger partial charge is 0.337 e. The summed E-state index contributed by atoms with van der Waals surface area (Å²) in [6, 6.07) is 4.60. The molecule has 1 aliphatic rings. The number of fused-ring (bicyclic) bond motifs is 1. The highest BCUT2D eigenvalue weighted by Gasteiger charge is 2.20. The van der Waals surface area contributed by atoms with Gasteiger partial charge in [0, 0.05) is 26.0 Å². The van der Waals surface area contributed by atoms with Crippen molar-refractivity contribution < 1.29 is 0 Å². The summed E-state index contributed by atoms with van der Waals surface area (Å²) in [6.07, 6.45) is 9.21. The molecule has 0 spiro atoms. The quantitative estimate of drug-likeness (QED) is 0.895. The van der Waals surface area contributed by atoms with Crippen molar-refractivity contribution in [3.63, 3.8) is 0 Å². The van der Waals surface area contributed by atoms with Gasteiger partial charge in [-0.3, -0.25) is 4.98 Å². The Kier molecular flexibility index (Phi) is 3.11. The molecule has 1 atom stereocenters. The van der Waals surface area contributed by atoms with Crippen LogP contribution in [0.4, 0.5) is 0 Å². The van der Waals surface area contributed by atoms with Gasteiger partial charge in [0.2, 0.25) is 0 Å². The molecular formula is C14H18N4. The fraction of sp³-hybridized carbons (Fsp3) is 0.429. The Labute approximate surface area is 107 Å². The monoisotopic (exact) mass is 242 g/mol. The summed E-state index contributed by atoms with van der Waals surface area (Å²) < 4.78 is 2.05. The second kappa shape index (κ2) is 4.90. The van der Waals surface area contributed by atoms with E-state index in [0.29, 0.717) is 6.04 Å². The summed E-state index contributed by atoms with van der Waals surface area (Å²) in [6.45, 7) is 0.844. The average molecular weight is 242 g/mol. The average Bonchev–Trinajstić information content (AvgIpc) is 2.82. The highest BCUT2D eigenvalue weighted by Crippen LogP contribution is 2.27. The third-order valence-electron chi connectivity index (χ3n) is 3.64. The van der Waals surface area contributed by atoms with Gasteiger partial charge in [-0.2, -0.15) is 0 Å². The number of aromatic nitrogens is 3. The van der Waals surface area contributed by atoms with Crippen molar-refractivity contribution >= 4 is 0 Å². The lowest BCUT2D eigenvalue weighted by molar-refractivity contribution is 0.442. The molecule has 2 aromatic rings. The molecule has 2 aromatic heterocycles. The molecule has 0 aliphatic heterocycles. The molecule has 1 aliphatic carbocycles. The van der Waals surface area contributed by atoms with Crippen molar-refractivity contribution in [3.05, 3.63) is 47.8 Å². The molecule has 18 heavy (non-hydrogen) atoms. The Hall–Kier alpha value is -1.68. The highest BCUT2D eigenvalue weighted by atomic mass is 15.1. The minimum atomic E-state index is 0.379. The van der Waals surface area contributed by atoms with Crippen LogP contribution in [0.1, 0.15) is 35.8 Å². The zero-order valence-corrected chi connectivity index (χ0v) is 10.6. The van der Waals surface area contributed by atoms with E-state index in [1.54, 1.807) is 0 Å². The van der Waals surface area contributed by atoms with E-state index < -0.39 is 0 Å². The van der Waals surface area contributed by atoms with Crippen LogP contribution in [0.2, 0.25) is 0 Å². The summed E-state index contributed by atoms with van der Waals surface area (Å²) in [7, 11) is 2.02. The van der Waals surface area contributed by atoms with Crippen LogP contribution >= 0.6 is 0 Å². The molecular weight excluding hydrogens is 224 g/mol. The molecule has 0 saturated carbocycles. The standard InChI is InChI=1S/C14H18N4/c1-18-10-15-8-12(18)9-17-13-6-2-4-11-5-3-7-16-14(11)13/h3,5,7-8,10,13,17H,2,4,6,9H2,1H3. The first-order valence-corrected chi connectivity index (χ1v) is 6.47. The summed E-state index contributed by atoms with van der Waals surface area (Å²) in [5, 5.41) is 3.60. The summed E-state index contributed by atoms with van der Waals surface area (Å²) >= 11 is 0. The first-order chi connectivity index (χ1) is 8.84. The van der Waals surface area contributed by atoms with E-state index in [1.807, 2.05) is 31.8 Å². The van der Waals surface area contributed by atoms with Crippen LogP contribution in [0.3, 0.4) is 0 Å². The number of pyridine rings is 1. The van der Waals surface area contributed by atoms with Crippen LogP contribution < -0.4 is 5.32 Å². The van der Waals surface area contributed by atoms with Crippen LogP contribution in [0.15, 0.2) is 30.9 Å². The maximum absolute atomic E-state index is 4.54. The third-order valence-corrected chi connectivity index (χ3v) is 3.64. The van der Waals surface area contributed by atoms with Crippen LogP contribution in [-0.4, -0.2) is 14.5 Å². The van der Waals surface area contributed by atoms with E-state index in [4.69, 9.17) is 0 Å². The van der Waals surface area contributed by atoms with Gasteiger partial charge in [0.15, 0.2) is 0 Å². The van der Waals surface area contributed by atoms with Gasteiger partial charge < -0.3 is 9.88 Å². The fourth-order valence-corrected chi connectivity index (χ4v) is 2.59.